The van der Waals surface area contributed by atoms with Crippen LogP contribution in [0, 0.1) is 0 Å². The lowest BCUT2D eigenvalue weighted by atomic mass is 10.1. The highest BCUT2D eigenvalue weighted by atomic mass is 35.5. The van der Waals surface area contributed by atoms with Gasteiger partial charge in [-0.2, -0.15) is 0 Å². The van der Waals surface area contributed by atoms with Gasteiger partial charge in [0.2, 0.25) is 0 Å². The number of nitrogens with zero attached hydrogens (tertiary/aromatic N) is 1. The van der Waals surface area contributed by atoms with Crippen LogP contribution in [0.4, 0.5) is 0 Å². The quantitative estimate of drug-likeness (QED) is 0.274. The molecule has 0 spiro atoms. The number of carbonyl (C=O) groups excluding carboxylic acids is 4. The second-order valence-electron chi connectivity index (χ2n) is 6.56. The standard InChI is InChI=1S/C20H14Cl4N2O5/c1-9(10-5-3-2-4-6-10)25-11(27)8-31-12(28)7-26-19(29)13-14(20(26)30)16(22)18(24)17(23)15(13)21/h2-6,9H,7-8H2,1H3,(H,25,27)/t9-/m0/s1. The summed E-state index contributed by atoms with van der Waals surface area (Å²) in [6.07, 6.45) is 0. The monoisotopic (exact) mass is 502 g/mol. The molecule has 1 N–H and O–H groups in total. The average molecular weight is 504 g/mol. The minimum atomic E-state index is -0.971. The van der Waals surface area contributed by atoms with Gasteiger partial charge in [-0.25, -0.2) is 0 Å². The largest absolute Gasteiger partial charge is 0.454 e. The molecule has 11 heteroatoms. The third kappa shape index (κ3) is 4.65. The van der Waals surface area contributed by atoms with Crippen molar-refractivity contribution in [3.05, 3.63) is 67.1 Å². The van der Waals surface area contributed by atoms with E-state index in [0.717, 1.165) is 5.56 Å². The number of ether oxygens (including phenoxy) is 1. The summed E-state index contributed by atoms with van der Waals surface area (Å²) >= 11 is 23.9. The molecule has 0 unspecified atom stereocenters. The Bertz CT molecular complexity index is 1040. The second-order valence-corrected chi connectivity index (χ2v) is 8.07. The fraction of sp³-hybridized carbons (Fsp3) is 0.200. The summed E-state index contributed by atoms with van der Waals surface area (Å²) in [7, 11) is 0. The van der Waals surface area contributed by atoms with Gasteiger partial charge >= 0.3 is 5.97 Å². The first-order chi connectivity index (χ1) is 14.6. The molecule has 0 bridgehead atoms. The van der Waals surface area contributed by atoms with Gasteiger partial charge in [-0.15, -0.1) is 0 Å². The zero-order valence-corrected chi connectivity index (χ0v) is 18.9. The van der Waals surface area contributed by atoms with Crippen molar-refractivity contribution < 1.29 is 23.9 Å². The first kappa shape index (κ1) is 23.3. The van der Waals surface area contributed by atoms with Crippen molar-refractivity contribution >= 4 is 70.1 Å². The summed E-state index contributed by atoms with van der Waals surface area (Å²) in [5.41, 5.74) is 0.390. The number of amides is 3. The number of benzene rings is 2. The molecule has 1 aliphatic rings. The van der Waals surface area contributed by atoms with Crippen LogP contribution in [0.15, 0.2) is 30.3 Å². The lowest BCUT2D eigenvalue weighted by molar-refractivity contribution is -0.148. The van der Waals surface area contributed by atoms with Crippen LogP contribution >= 0.6 is 46.4 Å². The minimum absolute atomic E-state index is 0.179. The molecule has 0 saturated carbocycles. The van der Waals surface area contributed by atoms with Gasteiger partial charge in [0.05, 0.1) is 37.3 Å². The van der Waals surface area contributed by atoms with Gasteiger partial charge in [0.25, 0.3) is 17.7 Å². The first-order valence-corrected chi connectivity index (χ1v) is 10.4. The predicted octanol–water partition coefficient (Wildman–Crippen LogP) is 4.32. The fourth-order valence-electron chi connectivity index (χ4n) is 2.97. The molecule has 7 nitrogen and oxygen atoms in total. The molecule has 3 amide bonds. The van der Waals surface area contributed by atoms with Crippen LogP contribution in [-0.2, 0) is 14.3 Å². The molecule has 1 atom stereocenters. The van der Waals surface area contributed by atoms with Crippen LogP contribution in [0.1, 0.15) is 39.2 Å². The number of rotatable bonds is 6. The van der Waals surface area contributed by atoms with Gasteiger partial charge in [0.1, 0.15) is 6.54 Å². The van der Waals surface area contributed by atoms with E-state index in [1.54, 1.807) is 6.92 Å². The fourth-order valence-corrected chi connectivity index (χ4v) is 3.98. The van der Waals surface area contributed by atoms with Crippen molar-refractivity contribution in [3.63, 3.8) is 0 Å². The van der Waals surface area contributed by atoms with E-state index in [1.807, 2.05) is 30.3 Å². The zero-order chi connectivity index (χ0) is 22.9. The molecular formula is C20H14Cl4N2O5. The van der Waals surface area contributed by atoms with Gasteiger partial charge in [0, 0.05) is 0 Å². The number of esters is 1. The Hall–Kier alpha value is -2.32. The van der Waals surface area contributed by atoms with Crippen molar-refractivity contribution in [1.29, 1.82) is 0 Å². The molecule has 162 valence electrons. The van der Waals surface area contributed by atoms with Gasteiger partial charge in [-0.3, -0.25) is 24.1 Å². The Labute approximate surface area is 197 Å². The Morgan fingerprint density at radius 1 is 0.935 bits per heavy atom. The summed E-state index contributed by atoms with van der Waals surface area (Å²) in [5.74, 6) is -3.26. The smallest absolute Gasteiger partial charge is 0.326 e. The maximum Gasteiger partial charge on any atom is 0.326 e. The Kier molecular flexibility index (Phi) is 7.11. The highest BCUT2D eigenvalue weighted by Gasteiger charge is 2.42. The number of hydrogen-bond acceptors (Lipinski definition) is 5. The summed E-state index contributed by atoms with van der Waals surface area (Å²) in [5, 5.41) is 1.84. The molecule has 3 rings (SSSR count). The molecule has 0 fully saturated rings. The van der Waals surface area contributed by atoms with E-state index >= 15 is 0 Å². The third-order valence-electron chi connectivity index (χ3n) is 4.51. The second kappa shape index (κ2) is 9.44. The van der Waals surface area contributed by atoms with E-state index in [4.69, 9.17) is 51.1 Å². The minimum Gasteiger partial charge on any atom is -0.454 e. The normalized spacial score (nSPS) is 13.8. The van der Waals surface area contributed by atoms with Gasteiger partial charge < -0.3 is 10.1 Å². The Balaban J connectivity index is 1.62. The summed E-state index contributed by atoms with van der Waals surface area (Å²) in [6.45, 7) is 0.450. The van der Waals surface area contributed by atoms with E-state index < -0.39 is 36.8 Å². The molecule has 1 heterocycles. The lowest BCUT2D eigenvalue weighted by Gasteiger charge is -2.15. The number of carbonyl (C=O) groups is 4. The number of imide groups is 1. The number of fused-ring (bicyclic) bond motifs is 1. The highest BCUT2D eigenvalue weighted by molar-refractivity contribution is 6.55. The number of nitrogens with one attached hydrogen (secondary N) is 1. The van der Waals surface area contributed by atoms with E-state index in [9.17, 15) is 19.2 Å². The van der Waals surface area contributed by atoms with Crippen LogP contribution in [0.3, 0.4) is 0 Å². The van der Waals surface area contributed by atoms with E-state index in [1.165, 1.54) is 0 Å². The summed E-state index contributed by atoms with van der Waals surface area (Å²) < 4.78 is 4.89. The number of halogens is 4. The molecule has 0 aromatic heterocycles. The van der Waals surface area contributed by atoms with Crippen molar-refractivity contribution in [3.8, 4) is 0 Å². The summed E-state index contributed by atoms with van der Waals surface area (Å²) in [4.78, 5) is 50.0. The maximum atomic E-state index is 12.6. The van der Waals surface area contributed by atoms with E-state index in [0.29, 0.717) is 4.90 Å². The van der Waals surface area contributed by atoms with Crippen LogP contribution in [0.2, 0.25) is 20.1 Å². The highest BCUT2D eigenvalue weighted by Crippen LogP contribution is 2.44. The summed E-state index contributed by atoms with van der Waals surface area (Å²) in [6, 6.07) is 8.89. The molecule has 1 aliphatic heterocycles. The molecule has 0 aliphatic carbocycles. The number of hydrogen-bond donors (Lipinski definition) is 1. The van der Waals surface area contributed by atoms with Gasteiger partial charge in [-0.05, 0) is 12.5 Å². The average Bonchev–Trinajstić information content (AvgIpc) is 3.00. The van der Waals surface area contributed by atoms with Crippen LogP contribution in [0.5, 0.6) is 0 Å². The lowest BCUT2D eigenvalue weighted by Crippen LogP contribution is -2.37. The van der Waals surface area contributed by atoms with Crippen molar-refractivity contribution in [2.45, 2.75) is 13.0 Å². The molecular weight excluding hydrogens is 490 g/mol. The van der Waals surface area contributed by atoms with Crippen molar-refractivity contribution in [2.24, 2.45) is 0 Å². The van der Waals surface area contributed by atoms with Gasteiger partial charge in [-0.1, -0.05) is 76.7 Å². The third-order valence-corrected chi connectivity index (χ3v) is 6.32. The zero-order valence-electron chi connectivity index (χ0n) is 15.9. The molecule has 31 heavy (non-hydrogen) atoms. The first-order valence-electron chi connectivity index (χ1n) is 8.85. The Morgan fingerprint density at radius 2 is 1.45 bits per heavy atom. The Morgan fingerprint density at radius 3 is 1.97 bits per heavy atom. The van der Waals surface area contributed by atoms with E-state index in [2.05, 4.69) is 5.32 Å². The van der Waals surface area contributed by atoms with Gasteiger partial charge in [0.15, 0.2) is 6.61 Å². The molecule has 0 radical (unpaired) electrons. The molecule has 0 saturated heterocycles. The van der Waals surface area contributed by atoms with Crippen LogP contribution < -0.4 is 5.32 Å². The SMILES string of the molecule is C[C@H](NC(=O)COC(=O)CN1C(=O)c2c(Cl)c(Cl)c(Cl)c(Cl)c2C1=O)c1ccccc1. The van der Waals surface area contributed by atoms with Crippen LogP contribution in [-0.4, -0.2) is 41.7 Å². The van der Waals surface area contributed by atoms with Crippen LogP contribution in [0.25, 0.3) is 0 Å². The maximum absolute atomic E-state index is 12.6. The topological polar surface area (TPSA) is 92.8 Å². The van der Waals surface area contributed by atoms with E-state index in [-0.39, 0.29) is 37.3 Å². The van der Waals surface area contributed by atoms with Crippen molar-refractivity contribution in [2.75, 3.05) is 13.2 Å². The molecule has 2 aromatic rings. The molecule has 2 aromatic carbocycles. The predicted molar refractivity (Wildman–Crippen MR) is 116 cm³/mol. The van der Waals surface area contributed by atoms with Crippen molar-refractivity contribution in [1.82, 2.24) is 10.2 Å².